The number of aliphatic hydroxyl groups is 2. The summed E-state index contributed by atoms with van der Waals surface area (Å²) in [4.78, 5) is 15.7. The van der Waals surface area contributed by atoms with E-state index in [1.54, 1.807) is 23.9 Å². The van der Waals surface area contributed by atoms with Gasteiger partial charge in [-0.2, -0.15) is 4.98 Å². The Morgan fingerprint density at radius 3 is 3.00 bits per heavy atom. The number of hydrogen-bond acceptors (Lipinski definition) is 6. The minimum atomic E-state index is -0.744. The summed E-state index contributed by atoms with van der Waals surface area (Å²) < 4.78 is 8.49. The van der Waals surface area contributed by atoms with Gasteiger partial charge in [-0.1, -0.05) is 0 Å². The number of nitrogens with two attached hydrogens (primary N) is 1. The highest BCUT2D eigenvalue weighted by Crippen LogP contribution is 2.31. The molecular weight excluding hydrogens is 264 g/mol. The van der Waals surface area contributed by atoms with Crippen molar-refractivity contribution in [1.29, 1.82) is 0 Å². The molecule has 3 rings (SSSR count). The van der Waals surface area contributed by atoms with Crippen molar-refractivity contribution in [2.75, 3.05) is 12.3 Å². The molecule has 0 radical (unpaired) electrons. The summed E-state index contributed by atoms with van der Waals surface area (Å²) in [6.45, 7) is -0.256. The number of aliphatic hydroxyl groups excluding tert-OH is 2. The quantitative estimate of drug-likeness (QED) is 0.647. The lowest BCUT2D eigenvalue weighted by atomic mass is 10.2. The van der Waals surface area contributed by atoms with E-state index in [9.17, 15) is 9.90 Å². The van der Waals surface area contributed by atoms with Gasteiger partial charge in [-0.25, -0.2) is 4.79 Å². The van der Waals surface area contributed by atoms with Crippen molar-refractivity contribution in [3.63, 3.8) is 0 Å². The molecule has 0 saturated carbocycles. The summed E-state index contributed by atoms with van der Waals surface area (Å²) in [6, 6.07) is 1.75. The predicted molar refractivity (Wildman–Crippen MR) is 71.0 cm³/mol. The van der Waals surface area contributed by atoms with Crippen LogP contribution in [0.25, 0.3) is 11.0 Å². The van der Waals surface area contributed by atoms with Crippen LogP contribution in [-0.2, 0) is 11.8 Å². The first-order chi connectivity index (χ1) is 9.52. The lowest BCUT2D eigenvalue weighted by Gasteiger charge is -2.14. The molecule has 1 aliphatic heterocycles. The van der Waals surface area contributed by atoms with Crippen LogP contribution >= 0.6 is 0 Å². The summed E-state index contributed by atoms with van der Waals surface area (Å²) >= 11 is 0. The number of nitrogens with zero attached hydrogens (tertiary/aromatic N) is 3. The van der Waals surface area contributed by atoms with Crippen molar-refractivity contribution in [2.24, 2.45) is 7.05 Å². The molecule has 108 valence electrons. The van der Waals surface area contributed by atoms with Crippen LogP contribution in [0.2, 0.25) is 0 Å². The third-order valence-corrected chi connectivity index (χ3v) is 3.71. The molecule has 0 aromatic carbocycles. The van der Waals surface area contributed by atoms with E-state index in [-0.39, 0.29) is 6.61 Å². The third kappa shape index (κ3) is 1.80. The summed E-state index contributed by atoms with van der Waals surface area (Å²) in [5.41, 5.74) is 5.86. The minimum absolute atomic E-state index is 0.256. The van der Waals surface area contributed by atoms with Crippen LogP contribution in [0.3, 0.4) is 0 Å². The fourth-order valence-electron chi connectivity index (χ4n) is 2.49. The molecular formula is C12H16N4O4. The van der Waals surface area contributed by atoms with Crippen LogP contribution in [0.4, 0.5) is 5.82 Å². The number of nitrogen functional groups attached to an aromatic ring is 1. The summed E-state index contributed by atoms with van der Waals surface area (Å²) in [5, 5.41) is 19.5. The molecule has 0 amide bonds. The van der Waals surface area contributed by atoms with E-state index in [4.69, 9.17) is 15.6 Å². The van der Waals surface area contributed by atoms with Gasteiger partial charge in [-0.3, -0.25) is 4.57 Å². The highest BCUT2D eigenvalue weighted by molar-refractivity contribution is 5.86. The first-order valence-corrected chi connectivity index (χ1v) is 6.30. The molecule has 2 aromatic heterocycles. The smallest absolute Gasteiger partial charge is 0.350 e. The van der Waals surface area contributed by atoms with Crippen molar-refractivity contribution in [3.05, 3.63) is 22.7 Å². The second-order valence-electron chi connectivity index (χ2n) is 4.91. The van der Waals surface area contributed by atoms with Crippen LogP contribution in [0.1, 0.15) is 12.6 Å². The average molecular weight is 280 g/mol. The number of hydrogen-bond donors (Lipinski definition) is 3. The van der Waals surface area contributed by atoms with Gasteiger partial charge in [0.2, 0.25) is 0 Å². The highest BCUT2D eigenvalue weighted by Gasteiger charge is 2.35. The molecule has 2 aromatic rings. The van der Waals surface area contributed by atoms with E-state index in [0.717, 1.165) is 0 Å². The Morgan fingerprint density at radius 2 is 2.35 bits per heavy atom. The van der Waals surface area contributed by atoms with Gasteiger partial charge in [0.05, 0.1) is 18.1 Å². The molecule has 1 fully saturated rings. The van der Waals surface area contributed by atoms with Crippen molar-refractivity contribution in [1.82, 2.24) is 14.1 Å². The second kappa shape index (κ2) is 4.58. The number of aromatic nitrogens is 3. The Labute approximate surface area is 114 Å². The third-order valence-electron chi connectivity index (χ3n) is 3.71. The first kappa shape index (κ1) is 13.1. The van der Waals surface area contributed by atoms with Gasteiger partial charge in [0.1, 0.15) is 18.1 Å². The van der Waals surface area contributed by atoms with Crippen LogP contribution in [0.15, 0.2) is 17.1 Å². The van der Waals surface area contributed by atoms with Crippen LogP contribution < -0.4 is 11.4 Å². The zero-order valence-electron chi connectivity index (χ0n) is 10.9. The van der Waals surface area contributed by atoms with E-state index >= 15 is 0 Å². The van der Waals surface area contributed by atoms with E-state index in [0.29, 0.717) is 23.3 Å². The number of ether oxygens (including phenoxy) is 1. The van der Waals surface area contributed by atoms with Crippen LogP contribution in [0.5, 0.6) is 0 Å². The molecule has 4 N–H and O–H groups in total. The zero-order valence-corrected chi connectivity index (χ0v) is 10.9. The average Bonchev–Trinajstić information content (AvgIpc) is 2.99. The normalized spacial score (nSPS) is 26.4. The fraction of sp³-hybridized carbons (Fsp3) is 0.500. The molecule has 20 heavy (non-hydrogen) atoms. The van der Waals surface area contributed by atoms with Crippen molar-refractivity contribution >= 4 is 16.9 Å². The van der Waals surface area contributed by atoms with Gasteiger partial charge in [0.25, 0.3) is 0 Å². The lowest BCUT2D eigenvalue weighted by Crippen LogP contribution is -2.24. The second-order valence-corrected chi connectivity index (χ2v) is 4.91. The Hall–Kier alpha value is -1.90. The van der Waals surface area contributed by atoms with Crippen molar-refractivity contribution in [2.45, 2.75) is 24.9 Å². The monoisotopic (exact) mass is 280 g/mol. The predicted octanol–water partition coefficient (Wildman–Crippen LogP) is -1.04. The summed E-state index contributed by atoms with van der Waals surface area (Å²) in [7, 11) is 1.55. The Morgan fingerprint density at radius 1 is 1.60 bits per heavy atom. The minimum Gasteiger partial charge on any atom is -0.394 e. The maximum atomic E-state index is 11.7. The SMILES string of the molecule is Cn1c(N)c2ccn([C@H]3C[C@H](O)[C@@H](CO)O3)c2nc1=O. The van der Waals surface area contributed by atoms with Gasteiger partial charge in [-0.15, -0.1) is 0 Å². The number of fused-ring (bicyclic) bond motifs is 1. The van der Waals surface area contributed by atoms with Gasteiger partial charge in [-0.05, 0) is 6.07 Å². The molecule has 8 heteroatoms. The van der Waals surface area contributed by atoms with E-state index in [2.05, 4.69) is 4.98 Å². The first-order valence-electron chi connectivity index (χ1n) is 6.30. The number of rotatable bonds is 2. The maximum Gasteiger partial charge on any atom is 0.350 e. The molecule has 0 bridgehead atoms. The van der Waals surface area contributed by atoms with E-state index in [1.165, 1.54) is 4.57 Å². The highest BCUT2D eigenvalue weighted by atomic mass is 16.5. The standard InChI is InChI=1S/C12H16N4O4/c1-15-10(13)6-2-3-16(11(6)14-12(15)19)9-4-7(18)8(5-17)20-9/h2-3,7-9,17-18H,4-5,13H2,1H3/t7-,8+,9+/m0/s1. The Balaban J connectivity index is 2.08. The van der Waals surface area contributed by atoms with Gasteiger partial charge >= 0.3 is 5.69 Å². The topological polar surface area (TPSA) is 116 Å². The molecule has 0 aliphatic carbocycles. The molecule has 1 aliphatic rings. The molecule has 0 unspecified atom stereocenters. The number of anilines is 1. The Bertz CT molecular complexity index is 707. The maximum absolute atomic E-state index is 11.7. The Kier molecular flexibility index (Phi) is 3.00. The summed E-state index contributed by atoms with van der Waals surface area (Å²) in [6.07, 6.45) is 0.197. The lowest BCUT2D eigenvalue weighted by molar-refractivity contribution is -0.0430. The zero-order chi connectivity index (χ0) is 14.4. The van der Waals surface area contributed by atoms with Crippen molar-refractivity contribution in [3.8, 4) is 0 Å². The molecule has 3 atom stereocenters. The van der Waals surface area contributed by atoms with E-state index < -0.39 is 24.1 Å². The molecule has 3 heterocycles. The van der Waals surface area contributed by atoms with Gasteiger partial charge in [0.15, 0.2) is 5.65 Å². The van der Waals surface area contributed by atoms with Crippen LogP contribution in [0, 0.1) is 0 Å². The molecule has 8 nitrogen and oxygen atoms in total. The van der Waals surface area contributed by atoms with Gasteiger partial charge in [0, 0.05) is 19.7 Å². The largest absolute Gasteiger partial charge is 0.394 e. The molecule has 1 saturated heterocycles. The van der Waals surface area contributed by atoms with E-state index in [1.807, 2.05) is 0 Å². The molecule has 0 spiro atoms. The van der Waals surface area contributed by atoms with Crippen LogP contribution in [-0.4, -0.2) is 43.1 Å². The fourth-order valence-corrected chi connectivity index (χ4v) is 2.49. The van der Waals surface area contributed by atoms with Gasteiger partial charge < -0.3 is 25.3 Å². The van der Waals surface area contributed by atoms with Crippen molar-refractivity contribution < 1.29 is 14.9 Å². The summed E-state index contributed by atoms with van der Waals surface area (Å²) in [5.74, 6) is 0.330.